The van der Waals surface area contributed by atoms with Gasteiger partial charge in [-0.2, -0.15) is 26.3 Å². The SMILES string of the molecule is FC(F)(F)c1ccc(CONc2ccc(/C=C/C(c3cc(Cl)c(Cl)c(Cl)c3)C(F)(F)F)cc2Br)cn1. The monoisotopic (exact) mass is 632 g/mol. The quantitative estimate of drug-likeness (QED) is 0.160. The summed E-state index contributed by atoms with van der Waals surface area (Å²) in [6.07, 6.45) is -5.84. The van der Waals surface area contributed by atoms with E-state index in [1.165, 1.54) is 12.1 Å². The van der Waals surface area contributed by atoms with Crippen LogP contribution in [0.5, 0.6) is 0 Å². The number of alkyl halides is 6. The highest BCUT2D eigenvalue weighted by atomic mass is 79.9. The molecule has 1 unspecified atom stereocenters. The predicted octanol–water partition coefficient (Wildman–Crippen LogP) is 9.73. The van der Waals surface area contributed by atoms with Crippen LogP contribution in [0.25, 0.3) is 6.08 Å². The van der Waals surface area contributed by atoms with Crippen LogP contribution in [-0.2, 0) is 17.6 Å². The lowest BCUT2D eigenvalue weighted by atomic mass is 9.97. The number of anilines is 1. The van der Waals surface area contributed by atoms with Crippen molar-refractivity contribution in [2.75, 3.05) is 5.48 Å². The van der Waals surface area contributed by atoms with E-state index in [2.05, 4.69) is 26.4 Å². The number of nitrogens with zero attached hydrogens (tertiary/aromatic N) is 1. The van der Waals surface area contributed by atoms with Crippen LogP contribution in [-0.4, -0.2) is 11.2 Å². The van der Waals surface area contributed by atoms with Gasteiger partial charge in [0.25, 0.3) is 0 Å². The minimum Gasteiger partial charge on any atom is -0.271 e. The van der Waals surface area contributed by atoms with Crippen molar-refractivity contribution < 1.29 is 31.2 Å². The van der Waals surface area contributed by atoms with Gasteiger partial charge in [0.05, 0.1) is 26.7 Å². The normalized spacial score (nSPS) is 13.3. The van der Waals surface area contributed by atoms with Crippen molar-refractivity contribution in [2.24, 2.45) is 0 Å². The summed E-state index contributed by atoms with van der Waals surface area (Å²) in [5.74, 6) is -1.98. The number of aromatic nitrogens is 1. The van der Waals surface area contributed by atoms with E-state index in [9.17, 15) is 26.3 Å². The smallest absolute Gasteiger partial charge is 0.271 e. The molecule has 0 aliphatic rings. The summed E-state index contributed by atoms with van der Waals surface area (Å²) in [5, 5.41) is -0.213. The third-order valence-corrected chi connectivity index (χ3v) is 6.58. The van der Waals surface area contributed by atoms with Crippen LogP contribution in [0.4, 0.5) is 32.0 Å². The van der Waals surface area contributed by atoms with E-state index in [1.54, 1.807) is 18.2 Å². The van der Waals surface area contributed by atoms with E-state index in [0.29, 0.717) is 21.3 Å². The number of hydrogen-bond acceptors (Lipinski definition) is 3. The lowest BCUT2D eigenvalue weighted by Gasteiger charge is -2.18. The third-order valence-electron chi connectivity index (χ3n) is 4.73. The molecule has 0 amide bonds. The number of nitrogens with one attached hydrogen (secondary N) is 1. The molecule has 13 heteroatoms. The van der Waals surface area contributed by atoms with Gasteiger partial charge < -0.3 is 0 Å². The van der Waals surface area contributed by atoms with Gasteiger partial charge in [-0.25, -0.2) is 0 Å². The molecule has 1 N–H and O–H groups in total. The second-order valence-corrected chi connectivity index (χ2v) is 9.40. The minimum atomic E-state index is -4.61. The van der Waals surface area contributed by atoms with Gasteiger partial charge in [0.2, 0.25) is 0 Å². The molecule has 0 saturated carbocycles. The predicted molar refractivity (Wildman–Crippen MR) is 131 cm³/mol. The Kier molecular flexibility index (Phi) is 9.21. The molecule has 3 aromatic rings. The van der Waals surface area contributed by atoms with E-state index < -0.39 is 24.0 Å². The van der Waals surface area contributed by atoms with Crippen molar-refractivity contribution in [3.8, 4) is 0 Å². The van der Waals surface area contributed by atoms with E-state index in [4.69, 9.17) is 39.6 Å². The first-order valence-corrected chi connectivity index (χ1v) is 11.8. The van der Waals surface area contributed by atoms with Gasteiger partial charge in [-0.15, -0.1) is 0 Å². The third kappa shape index (κ3) is 7.52. The van der Waals surface area contributed by atoms with Crippen LogP contribution in [0.3, 0.4) is 0 Å². The van der Waals surface area contributed by atoms with Crippen molar-refractivity contribution in [1.82, 2.24) is 4.98 Å². The summed E-state index contributed by atoms with van der Waals surface area (Å²) in [4.78, 5) is 8.62. The van der Waals surface area contributed by atoms with E-state index in [-0.39, 0.29) is 27.2 Å². The molecule has 0 spiro atoms. The molecule has 0 radical (unpaired) electrons. The topological polar surface area (TPSA) is 34.1 Å². The Bertz CT molecular complexity index is 1230. The highest BCUT2D eigenvalue weighted by molar-refractivity contribution is 9.10. The van der Waals surface area contributed by atoms with E-state index in [1.807, 2.05) is 0 Å². The molecule has 36 heavy (non-hydrogen) atoms. The Balaban J connectivity index is 1.68. The summed E-state index contributed by atoms with van der Waals surface area (Å²) in [7, 11) is 0. The van der Waals surface area contributed by atoms with Crippen molar-refractivity contribution in [1.29, 1.82) is 0 Å². The van der Waals surface area contributed by atoms with Gasteiger partial charge in [0, 0.05) is 10.7 Å². The fraction of sp³-hybridized carbons (Fsp3) is 0.174. The molecule has 192 valence electrons. The molecule has 1 atom stereocenters. The van der Waals surface area contributed by atoms with E-state index >= 15 is 0 Å². The summed E-state index contributed by atoms with van der Waals surface area (Å²) in [6.45, 7) is -0.0846. The zero-order valence-electron chi connectivity index (χ0n) is 17.7. The molecule has 2 aromatic carbocycles. The summed E-state index contributed by atoms with van der Waals surface area (Å²) < 4.78 is 79.3. The van der Waals surface area contributed by atoms with E-state index in [0.717, 1.165) is 30.5 Å². The number of hydrogen-bond donors (Lipinski definition) is 1. The first-order valence-electron chi connectivity index (χ1n) is 9.84. The Hall–Kier alpha value is -1.98. The van der Waals surface area contributed by atoms with Crippen molar-refractivity contribution >= 4 is 62.5 Å². The minimum absolute atomic E-state index is 0.0317. The van der Waals surface area contributed by atoms with Gasteiger partial charge in [-0.1, -0.05) is 59.1 Å². The maximum absolute atomic E-state index is 13.7. The molecule has 0 saturated heterocycles. The summed E-state index contributed by atoms with van der Waals surface area (Å²) in [5.41, 5.74) is 2.72. The van der Waals surface area contributed by atoms with Crippen LogP contribution in [0.1, 0.15) is 28.3 Å². The first-order chi connectivity index (χ1) is 16.8. The van der Waals surface area contributed by atoms with Crippen LogP contribution in [0.15, 0.2) is 59.2 Å². The van der Waals surface area contributed by atoms with Crippen LogP contribution in [0, 0.1) is 0 Å². The second-order valence-electron chi connectivity index (χ2n) is 7.36. The van der Waals surface area contributed by atoms with Crippen molar-refractivity contribution in [3.05, 3.63) is 96.7 Å². The van der Waals surface area contributed by atoms with Crippen LogP contribution >= 0.6 is 50.7 Å². The lowest BCUT2D eigenvalue weighted by molar-refractivity contribution is -0.141. The molecule has 1 aromatic heterocycles. The van der Waals surface area contributed by atoms with Crippen molar-refractivity contribution in [3.63, 3.8) is 0 Å². The number of pyridine rings is 1. The summed E-state index contributed by atoms with van der Waals surface area (Å²) >= 11 is 20.9. The number of halogens is 10. The maximum Gasteiger partial charge on any atom is 0.433 e. The molecule has 0 fully saturated rings. The first kappa shape index (κ1) is 28.6. The van der Waals surface area contributed by atoms with Crippen LogP contribution in [0.2, 0.25) is 15.1 Å². The number of rotatable bonds is 7. The molecule has 3 nitrogen and oxygen atoms in total. The van der Waals surface area contributed by atoms with Crippen LogP contribution < -0.4 is 5.48 Å². The Morgan fingerprint density at radius 1 is 0.972 bits per heavy atom. The Morgan fingerprint density at radius 3 is 2.17 bits per heavy atom. The Morgan fingerprint density at radius 2 is 1.64 bits per heavy atom. The average molecular weight is 635 g/mol. The zero-order valence-corrected chi connectivity index (χ0v) is 21.5. The fourth-order valence-electron chi connectivity index (χ4n) is 2.96. The molecular weight excluding hydrogens is 621 g/mol. The van der Waals surface area contributed by atoms with Gasteiger partial charge >= 0.3 is 12.4 Å². The van der Waals surface area contributed by atoms with Crippen molar-refractivity contribution in [2.45, 2.75) is 24.9 Å². The summed E-state index contributed by atoms with van der Waals surface area (Å²) in [6, 6.07) is 8.95. The number of benzene rings is 2. The highest BCUT2D eigenvalue weighted by Gasteiger charge is 2.39. The maximum atomic E-state index is 13.7. The largest absolute Gasteiger partial charge is 0.433 e. The number of allylic oxidation sites excluding steroid dienone is 1. The van der Waals surface area contributed by atoms with Gasteiger partial charge in [-0.3, -0.25) is 15.3 Å². The standard InChI is InChI=1S/C23H14BrCl3F6N2O/c24-16-7-12(1-4-15(22(28,29)30)14-8-17(25)21(27)18(26)9-14)2-5-19(16)35-36-11-13-3-6-20(34-10-13)23(31,32)33/h1-10,15,35H,11H2/b4-1+. The molecule has 1 heterocycles. The Labute approximate surface area is 225 Å². The fourth-order valence-corrected chi connectivity index (χ4v) is 4.05. The highest BCUT2D eigenvalue weighted by Crippen LogP contribution is 2.41. The molecule has 0 aliphatic heterocycles. The molecular formula is C23H14BrCl3F6N2O. The van der Waals surface area contributed by atoms with Gasteiger partial charge in [0.1, 0.15) is 12.3 Å². The molecule has 0 aliphatic carbocycles. The molecule has 0 bridgehead atoms. The molecule has 3 rings (SSSR count). The second kappa shape index (κ2) is 11.6. The van der Waals surface area contributed by atoms with Gasteiger partial charge in [-0.05, 0) is 63.0 Å². The average Bonchev–Trinajstić information content (AvgIpc) is 2.77. The lowest BCUT2D eigenvalue weighted by Crippen LogP contribution is -2.19. The zero-order chi connectivity index (χ0) is 26.7. The van der Waals surface area contributed by atoms with Gasteiger partial charge in [0.15, 0.2) is 0 Å².